The summed E-state index contributed by atoms with van der Waals surface area (Å²) in [7, 11) is 0. The van der Waals surface area contributed by atoms with Crippen LogP contribution < -0.4 is 5.32 Å². The van der Waals surface area contributed by atoms with Crippen molar-refractivity contribution in [2.75, 3.05) is 5.32 Å². The van der Waals surface area contributed by atoms with E-state index in [9.17, 15) is 13.2 Å². The van der Waals surface area contributed by atoms with E-state index in [1.165, 1.54) is 25.3 Å². The van der Waals surface area contributed by atoms with Crippen molar-refractivity contribution in [3.63, 3.8) is 0 Å². The minimum absolute atomic E-state index is 0.167. The molecule has 4 rings (SSSR count). The molecule has 1 fully saturated rings. The molecule has 2 aromatic heterocycles. The van der Waals surface area contributed by atoms with Crippen LogP contribution in [0.2, 0.25) is 0 Å². The van der Waals surface area contributed by atoms with Gasteiger partial charge in [-0.05, 0) is 50.5 Å². The van der Waals surface area contributed by atoms with Crippen molar-refractivity contribution in [2.45, 2.75) is 64.3 Å². The van der Waals surface area contributed by atoms with Crippen LogP contribution in [0.4, 0.5) is 19.0 Å². The second-order valence-electron chi connectivity index (χ2n) is 7.79. The normalized spacial score (nSPS) is 15.2. The summed E-state index contributed by atoms with van der Waals surface area (Å²) in [6, 6.07) is 7.52. The van der Waals surface area contributed by atoms with E-state index in [1.54, 1.807) is 36.8 Å². The van der Waals surface area contributed by atoms with E-state index in [1.807, 2.05) is 6.07 Å². The molecule has 2 N–H and O–H groups in total. The first kappa shape index (κ1) is 22.1. The van der Waals surface area contributed by atoms with E-state index in [-0.39, 0.29) is 6.10 Å². The van der Waals surface area contributed by atoms with E-state index in [0.717, 1.165) is 30.8 Å². The second kappa shape index (κ2) is 9.47. The molecule has 3 aromatic rings. The molecule has 0 amide bonds. The van der Waals surface area contributed by atoms with Gasteiger partial charge in [0.2, 0.25) is 0 Å². The number of anilines is 1. The first-order valence-corrected chi connectivity index (χ1v) is 10.2. The van der Waals surface area contributed by atoms with E-state index < -0.39 is 11.7 Å². The molecule has 162 valence electrons. The van der Waals surface area contributed by atoms with Crippen LogP contribution >= 0.6 is 0 Å². The first-order valence-electron chi connectivity index (χ1n) is 10.2. The van der Waals surface area contributed by atoms with Gasteiger partial charge in [-0.15, -0.1) is 0 Å². The first-order chi connectivity index (χ1) is 14.2. The van der Waals surface area contributed by atoms with Gasteiger partial charge in [0.15, 0.2) is 5.65 Å². The fraction of sp³-hybridized carbons (Fsp3) is 0.455. The molecule has 5 nitrogen and oxygen atoms in total. The number of benzene rings is 1. The summed E-state index contributed by atoms with van der Waals surface area (Å²) < 4.78 is 40.6. The summed E-state index contributed by atoms with van der Waals surface area (Å²) in [4.78, 5) is 4.61. The van der Waals surface area contributed by atoms with Crippen LogP contribution in [0, 0.1) is 0 Å². The third-order valence-electron chi connectivity index (χ3n) is 4.83. The van der Waals surface area contributed by atoms with Crippen molar-refractivity contribution in [3.8, 4) is 11.1 Å². The van der Waals surface area contributed by atoms with Crippen LogP contribution in [-0.4, -0.2) is 31.9 Å². The van der Waals surface area contributed by atoms with Crippen LogP contribution in [0.3, 0.4) is 0 Å². The molecule has 1 aliphatic rings. The van der Waals surface area contributed by atoms with Gasteiger partial charge in [-0.1, -0.05) is 31.4 Å². The van der Waals surface area contributed by atoms with Crippen molar-refractivity contribution in [3.05, 3.63) is 48.3 Å². The van der Waals surface area contributed by atoms with Crippen LogP contribution in [-0.2, 0) is 6.18 Å². The Kier molecular flexibility index (Phi) is 6.97. The predicted octanol–water partition coefficient (Wildman–Crippen LogP) is 5.55. The number of aromatic nitrogens is 3. The number of hydrogen-bond acceptors (Lipinski definition) is 4. The lowest BCUT2D eigenvalue weighted by Gasteiger charge is -2.23. The van der Waals surface area contributed by atoms with E-state index in [4.69, 9.17) is 5.11 Å². The van der Waals surface area contributed by atoms with E-state index in [2.05, 4.69) is 15.4 Å². The summed E-state index contributed by atoms with van der Waals surface area (Å²) in [5.41, 5.74) is 0.913. The molecular formula is C22H27F3N4O. The smallest absolute Gasteiger partial charge is 0.394 e. The summed E-state index contributed by atoms with van der Waals surface area (Å²) in [5.74, 6) is 0.734. The molecule has 1 aliphatic carbocycles. The highest BCUT2D eigenvalue weighted by atomic mass is 19.4. The number of halogens is 3. The van der Waals surface area contributed by atoms with Gasteiger partial charge in [0.1, 0.15) is 5.82 Å². The zero-order valence-electron chi connectivity index (χ0n) is 17.2. The van der Waals surface area contributed by atoms with Gasteiger partial charge in [-0.2, -0.15) is 18.3 Å². The standard InChI is InChI=1S/C19H19F3N4.C3H8O/c20-19(21,22)14-6-4-5-13(11-14)16-12-23-26-10-9-17(25-18(16)26)24-15-7-2-1-3-8-15;1-3(2)4/h4-6,9-12,15H,1-3,7-8H2,(H,24,25);3-4H,1-2H3. The molecule has 1 saturated carbocycles. The number of aliphatic hydroxyl groups excluding tert-OH is 1. The Balaban J connectivity index is 0.000000589. The molecule has 0 spiro atoms. The highest BCUT2D eigenvalue weighted by Gasteiger charge is 2.30. The SMILES string of the molecule is CC(C)O.FC(F)(F)c1cccc(-c2cnn3ccc(NC4CCCCC4)nc23)c1. The lowest BCUT2D eigenvalue weighted by molar-refractivity contribution is -0.137. The monoisotopic (exact) mass is 420 g/mol. The molecular weight excluding hydrogens is 393 g/mol. The number of hydrogen-bond donors (Lipinski definition) is 2. The topological polar surface area (TPSA) is 62.5 Å². The minimum Gasteiger partial charge on any atom is -0.394 e. The van der Waals surface area contributed by atoms with Crippen molar-refractivity contribution >= 4 is 11.5 Å². The lowest BCUT2D eigenvalue weighted by Crippen LogP contribution is -2.22. The summed E-state index contributed by atoms with van der Waals surface area (Å²) in [5, 5.41) is 15.7. The van der Waals surface area contributed by atoms with Gasteiger partial charge in [0.05, 0.1) is 11.8 Å². The molecule has 30 heavy (non-hydrogen) atoms. The summed E-state index contributed by atoms with van der Waals surface area (Å²) in [6.45, 7) is 3.44. The van der Waals surface area contributed by atoms with Gasteiger partial charge in [0.25, 0.3) is 0 Å². The number of nitrogens with zero attached hydrogens (tertiary/aromatic N) is 3. The Bertz CT molecular complexity index is 960. The van der Waals surface area contributed by atoms with Gasteiger partial charge in [0, 0.05) is 23.9 Å². The van der Waals surface area contributed by atoms with Crippen molar-refractivity contribution in [1.82, 2.24) is 14.6 Å². The number of rotatable bonds is 3. The summed E-state index contributed by atoms with van der Waals surface area (Å²) in [6.07, 6.45) is 4.73. The molecule has 0 saturated heterocycles. The highest BCUT2D eigenvalue weighted by Crippen LogP contribution is 2.33. The van der Waals surface area contributed by atoms with E-state index >= 15 is 0 Å². The maximum absolute atomic E-state index is 13.0. The number of nitrogens with one attached hydrogen (secondary N) is 1. The van der Waals surface area contributed by atoms with Gasteiger partial charge >= 0.3 is 6.18 Å². The molecule has 0 atom stereocenters. The zero-order chi connectivity index (χ0) is 21.7. The molecule has 0 bridgehead atoms. The van der Waals surface area contributed by atoms with Crippen LogP contribution in [0.5, 0.6) is 0 Å². The van der Waals surface area contributed by atoms with Gasteiger partial charge in [-0.25, -0.2) is 9.50 Å². The fourth-order valence-corrected chi connectivity index (χ4v) is 3.47. The maximum Gasteiger partial charge on any atom is 0.416 e. The lowest BCUT2D eigenvalue weighted by atomic mass is 9.95. The predicted molar refractivity (Wildman–Crippen MR) is 111 cm³/mol. The number of alkyl halides is 3. The Morgan fingerprint density at radius 3 is 2.50 bits per heavy atom. The average molecular weight is 420 g/mol. The third kappa shape index (κ3) is 5.72. The molecule has 0 radical (unpaired) electrons. The highest BCUT2D eigenvalue weighted by molar-refractivity contribution is 5.78. The second-order valence-corrected chi connectivity index (χ2v) is 7.79. The average Bonchev–Trinajstić information content (AvgIpc) is 3.11. The van der Waals surface area contributed by atoms with Crippen LogP contribution in [0.25, 0.3) is 16.8 Å². The van der Waals surface area contributed by atoms with E-state index in [0.29, 0.717) is 22.8 Å². The zero-order valence-corrected chi connectivity index (χ0v) is 17.2. The quantitative estimate of drug-likeness (QED) is 0.583. The maximum atomic E-state index is 13.0. The minimum atomic E-state index is -4.37. The van der Waals surface area contributed by atoms with Crippen molar-refractivity contribution in [2.24, 2.45) is 0 Å². The molecule has 8 heteroatoms. The largest absolute Gasteiger partial charge is 0.416 e. The Morgan fingerprint density at radius 2 is 1.83 bits per heavy atom. The Labute approximate surface area is 174 Å². The van der Waals surface area contributed by atoms with Crippen LogP contribution in [0.15, 0.2) is 42.7 Å². The summed E-state index contributed by atoms with van der Waals surface area (Å²) >= 11 is 0. The Hall–Kier alpha value is -2.61. The molecule has 0 aliphatic heterocycles. The fourth-order valence-electron chi connectivity index (χ4n) is 3.47. The molecule has 0 unspecified atom stereocenters. The van der Waals surface area contributed by atoms with Gasteiger partial charge in [-0.3, -0.25) is 0 Å². The van der Waals surface area contributed by atoms with Gasteiger partial charge < -0.3 is 10.4 Å². The Morgan fingerprint density at radius 1 is 1.13 bits per heavy atom. The molecule has 2 heterocycles. The number of aliphatic hydroxyl groups is 1. The van der Waals surface area contributed by atoms with Crippen LogP contribution in [0.1, 0.15) is 51.5 Å². The van der Waals surface area contributed by atoms with Crippen molar-refractivity contribution < 1.29 is 18.3 Å². The molecule has 1 aromatic carbocycles. The third-order valence-corrected chi connectivity index (χ3v) is 4.83. The number of fused-ring (bicyclic) bond motifs is 1. The van der Waals surface area contributed by atoms with Crippen molar-refractivity contribution in [1.29, 1.82) is 0 Å².